The van der Waals surface area contributed by atoms with Gasteiger partial charge in [-0.3, -0.25) is 0 Å². The van der Waals surface area contributed by atoms with Crippen LogP contribution in [0.15, 0.2) is 30.3 Å². The fraction of sp³-hybridized carbons (Fsp3) is 0.389. The Bertz CT molecular complexity index is 642. The van der Waals surface area contributed by atoms with Gasteiger partial charge in [0.25, 0.3) is 0 Å². The van der Waals surface area contributed by atoms with Crippen molar-refractivity contribution in [2.24, 2.45) is 0 Å². The Kier molecular flexibility index (Phi) is 4.33. The van der Waals surface area contributed by atoms with Crippen molar-refractivity contribution in [3.63, 3.8) is 0 Å². The molecule has 0 aliphatic heterocycles. The molecule has 0 amide bonds. The van der Waals surface area contributed by atoms with Crippen LogP contribution in [0, 0.1) is 13.8 Å². The van der Waals surface area contributed by atoms with Crippen LogP contribution in [0.5, 0.6) is 11.6 Å². The van der Waals surface area contributed by atoms with E-state index >= 15 is 0 Å². The van der Waals surface area contributed by atoms with Crippen molar-refractivity contribution in [2.75, 3.05) is 0 Å². The van der Waals surface area contributed by atoms with E-state index in [1.54, 1.807) is 6.07 Å². The second-order valence-electron chi connectivity index (χ2n) is 6.40. The van der Waals surface area contributed by atoms with Gasteiger partial charge in [-0.1, -0.05) is 32.9 Å². The summed E-state index contributed by atoms with van der Waals surface area (Å²) < 4.78 is 6.00. The highest BCUT2D eigenvalue weighted by atomic mass is 16.5. The molecular formula is C18H23NO2. The fourth-order valence-electron chi connectivity index (χ4n) is 2.24. The quantitative estimate of drug-likeness (QED) is 0.915. The minimum absolute atomic E-state index is 0.00309. The maximum Gasteiger partial charge on any atom is 0.219 e. The van der Waals surface area contributed by atoms with Gasteiger partial charge in [0, 0.05) is 17.3 Å². The minimum Gasteiger partial charge on any atom is -0.439 e. The summed E-state index contributed by atoms with van der Waals surface area (Å²) in [5.41, 5.74) is 3.92. The number of hydrogen-bond acceptors (Lipinski definition) is 3. The molecule has 3 nitrogen and oxygen atoms in total. The third kappa shape index (κ3) is 3.61. The van der Waals surface area contributed by atoms with E-state index in [2.05, 4.69) is 37.9 Å². The average Bonchev–Trinajstić information content (AvgIpc) is 2.37. The number of ether oxygens (including phenoxy) is 1. The average molecular weight is 285 g/mol. The van der Waals surface area contributed by atoms with E-state index in [0.717, 1.165) is 28.1 Å². The predicted octanol–water partition coefficient (Wildman–Crippen LogP) is 4.28. The highest BCUT2D eigenvalue weighted by Crippen LogP contribution is 2.34. The van der Waals surface area contributed by atoms with Gasteiger partial charge in [0.1, 0.15) is 5.75 Å². The lowest BCUT2D eigenvalue weighted by Gasteiger charge is -2.23. The van der Waals surface area contributed by atoms with E-state index in [0.29, 0.717) is 5.88 Å². The Balaban J connectivity index is 2.39. The lowest BCUT2D eigenvalue weighted by Crippen LogP contribution is -2.12. The first-order chi connectivity index (χ1) is 9.81. The molecule has 0 spiro atoms. The van der Waals surface area contributed by atoms with Gasteiger partial charge >= 0.3 is 0 Å². The zero-order valence-corrected chi connectivity index (χ0v) is 13.4. The second-order valence-corrected chi connectivity index (χ2v) is 6.40. The maximum absolute atomic E-state index is 9.21. The number of rotatable bonds is 3. The lowest BCUT2D eigenvalue weighted by molar-refractivity contribution is 0.280. The standard InChI is InChI=1S/C18H23NO2/c1-12-6-8-15(18(3,4)5)16(10-12)21-17-9-7-14(11-20)13(2)19-17/h6-10,20H,11H2,1-5H3. The van der Waals surface area contributed by atoms with Crippen molar-refractivity contribution >= 4 is 0 Å². The van der Waals surface area contributed by atoms with Crippen molar-refractivity contribution < 1.29 is 9.84 Å². The summed E-state index contributed by atoms with van der Waals surface area (Å²) in [6.45, 7) is 10.4. The summed E-state index contributed by atoms with van der Waals surface area (Å²) in [5.74, 6) is 1.40. The molecule has 1 aromatic heterocycles. The molecule has 21 heavy (non-hydrogen) atoms. The number of benzene rings is 1. The first-order valence-electron chi connectivity index (χ1n) is 7.17. The fourth-order valence-corrected chi connectivity index (χ4v) is 2.24. The molecule has 112 valence electrons. The summed E-state index contributed by atoms with van der Waals surface area (Å²) in [7, 11) is 0. The van der Waals surface area contributed by atoms with Crippen molar-refractivity contribution in [1.82, 2.24) is 4.98 Å². The molecule has 0 unspecified atom stereocenters. The van der Waals surface area contributed by atoms with Crippen LogP contribution in [0.1, 0.15) is 43.2 Å². The molecule has 1 aromatic carbocycles. The molecule has 2 aromatic rings. The van der Waals surface area contributed by atoms with Crippen LogP contribution in [0.3, 0.4) is 0 Å². The van der Waals surface area contributed by atoms with E-state index in [1.807, 2.05) is 26.0 Å². The molecule has 2 rings (SSSR count). The Morgan fingerprint density at radius 3 is 2.38 bits per heavy atom. The zero-order valence-electron chi connectivity index (χ0n) is 13.4. The molecule has 1 N–H and O–H groups in total. The summed E-state index contributed by atoms with van der Waals surface area (Å²) in [6, 6.07) is 9.90. The van der Waals surface area contributed by atoms with Crippen LogP contribution in [-0.4, -0.2) is 10.1 Å². The van der Waals surface area contributed by atoms with Crippen LogP contribution in [0.4, 0.5) is 0 Å². The molecule has 0 saturated heterocycles. The molecule has 0 aliphatic carbocycles. The van der Waals surface area contributed by atoms with Crippen LogP contribution >= 0.6 is 0 Å². The van der Waals surface area contributed by atoms with E-state index in [9.17, 15) is 5.11 Å². The van der Waals surface area contributed by atoms with Crippen molar-refractivity contribution in [3.05, 3.63) is 52.7 Å². The molecule has 0 radical (unpaired) electrons. The topological polar surface area (TPSA) is 42.4 Å². The number of pyridine rings is 1. The smallest absolute Gasteiger partial charge is 0.219 e. The Hall–Kier alpha value is -1.87. The van der Waals surface area contributed by atoms with Crippen molar-refractivity contribution in [1.29, 1.82) is 0 Å². The molecule has 0 aliphatic rings. The van der Waals surface area contributed by atoms with Gasteiger partial charge in [0.15, 0.2) is 0 Å². The highest BCUT2D eigenvalue weighted by Gasteiger charge is 2.19. The first kappa shape index (κ1) is 15.5. The number of nitrogens with zero attached hydrogens (tertiary/aromatic N) is 1. The van der Waals surface area contributed by atoms with Gasteiger partial charge in [-0.15, -0.1) is 0 Å². The number of aryl methyl sites for hydroxylation is 2. The SMILES string of the molecule is Cc1ccc(C(C)(C)C)c(Oc2ccc(CO)c(C)n2)c1. The van der Waals surface area contributed by atoms with Gasteiger partial charge in [0.2, 0.25) is 5.88 Å². The van der Waals surface area contributed by atoms with Crippen LogP contribution in [-0.2, 0) is 12.0 Å². The summed E-state index contributed by atoms with van der Waals surface area (Å²) in [5, 5.41) is 9.21. The van der Waals surface area contributed by atoms with E-state index < -0.39 is 0 Å². The van der Waals surface area contributed by atoms with Crippen LogP contribution < -0.4 is 4.74 Å². The lowest BCUT2D eigenvalue weighted by atomic mass is 9.86. The van der Waals surface area contributed by atoms with Gasteiger partial charge in [-0.2, -0.15) is 0 Å². The monoisotopic (exact) mass is 285 g/mol. The zero-order chi connectivity index (χ0) is 15.6. The second kappa shape index (κ2) is 5.86. The maximum atomic E-state index is 9.21. The summed E-state index contributed by atoms with van der Waals surface area (Å²) in [6.07, 6.45) is 0. The van der Waals surface area contributed by atoms with Gasteiger partial charge in [-0.25, -0.2) is 4.98 Å². The summed E-state index contributed by atoms with van der Waals surface area (Å²) in [4.78, 5) is 4.41. The Morgan fingerprint density at radius 2 is 1.81 bits per heavy atom. The molecule has 0 atom stereocenters. The normalized spacial score (nSPS) is 11.5. The van der Waals surface area contributed by atoms with E-state index in [1.165, 1.54) is 0 Å². The predicted molar refractivity (Wildman–Crippen MR) is 84.8 cm³/mol. The molecule has 1 heterocycles. The third-order valence-electron chi connectivity index (χ3n) is 3.50. The largest absolute Gasteiger partial charge is 0.439 e. The van der Waals surface area contributed by atoms with Crippen LogP contribution in [0.2, 0.25) is 0 Å². The van der Waals surface area contributed by atoms with Gasteiger partial charge in [-0.05, 0) is 42.5 Å². The Morgan fingerprint density at radius 1 is 1.10 bits per heavy atom. The Labute approximate surface area is 126 Å². The number of aromatic nitrogens is 1. The molecular weight excluding hydrogens is 262 g/mol. The van der Waals surface area contributed by atoms with Gasteiger partial charge in [0.05, 0.1) is 6.61 Å². The molecule has 0 saturated carbocycles. The van der Waals surface area contributed by atoms with E-state index in [4.69, 9.17) is 4.74 Å². The minimum atomic E-state index is -0.00318. The molecule has 3 heteroatoms. The molecule has 0 fully saturated rings. The summed E-state index contributed by atoms with van der Waals surface area (Å²) >= 11 is 0. The number of aliphatic hydroxyl groups is 1. The van der Waals surface area contributed by atoms with Crippen LogP contribution in [0.25, 0.3) is 0 Å². The van der Waals surface area contributed by atoms with Crippen molar-refractivity contribution in [3.8, 4) is 11.6 Å². The first-order valence-corrected chi connectivity index (χ1v) is 7.17. The van der Waals surface area contributed by atoms with E-state index in [-0.39, 0.29) is 12.0 Å². The van der Waals surface area contributed by atoms with Crippen molar-refractivity contribution in [2.45, 2.75) is 46.6 Å². The molecule has 0 bridgehead atoms. The number of aliphatic hydroxyl groups excluding tert-OH is 1. The highest BCUT2D eigenvalue weighted by molar-refractivity contribution is 5.43. The van der Waals surface area contributed by atoms with Gasteiger partial charge < -0.3 is 9.84 Å². The third-order valence-corrected chi connectivity index (χ3v) is 3.50. The number of hydrogen-bond donors (Lipinski definition) is 1.